The van der Waals surface area contributed by atoms with Crippen LogP contribution in [0.15, 0.2) is 16.9 Å². The first-order chi connectivity index (χ1) is 14.5. The van der Waals surface area contributed by atoms with E-state index in [9.17, 15) is 10.0 Å². The van der Waals surface area contributed by atoms with Crippen molar-refractivity contribution in [2.24, 2.45) is 52.6 Å². The molecule has 30 heavy (non-hydrogen) atoms. The number of ether oxygens (including phenoxy) is 1. The molecule has 0 aromatic heterocycles. The van der Waals surface area contributed by atoms with E-state index in [0.29, 0.717) is 23.9 Å². The second-order valence-electron chi connectivity index (χ2n) is 11.7. The van der Waals surface area contributed by atoms with Gasteiger partial charge in [-0.3, -0.25) is 0 Å². The maximum Gasteiger partial charge on any atom is 0.162 e. The predicted octanol–water partition coefficient (Wildman–Crippen LogP) is 4.90. The molecule has 4 aliphatic carbocycles. The highest BCUT2D eigenvalue weighted by Gasteiger charge is 2.65. The summed E-state index contributed by atoms with van der Waals surface area (Å²) in [4.78, 5) is 11.7. The molecule has 5 nitrogen and oxygen atoms in total. The van der Waals surface area contributed by atoms with Crippen LogP contribution in [0.4, 0.5) is 0 Å². The summed E-state index contributed by atoms with van der Waals surface area (Å²) < 4.78 is 6.85. The number of rotatable bonds is 1. The Balaban J connectivity index is 1.24. The van der Waals surface area contributed by atoms with E-state index < -0.39 is 5.72 Å². The van der Waals surface area contributed by atoms with Gasteiger partial charge < -0.3 is 9.84 Å². The van der Waals surface area contributed by atoms with Gasteiger partial charge in [0.2, 0.25) is 0 Å². The molecule has 0 bridgehead atoms. The van der Waals surface area contributed by atoms with E-state index in [1.54, 1.807) is 10.6 Å². The first-order valence-electron chi connectivity index (χ1n) is 12.7. The van der Waals surface area contributed by atoms with Gasteiger partial charge in [-0.2, -0.15) is 0 Å². The molecule has 3 saturated carbocycles. The maximum atomic E-state index is 11.7. The number of piperidine rings is 1. The van der Waals surface area contributed by atoms with E-state index in [1.165, 1.54) is 32.1 Å². The van der Waals surface area contributed by atoms with E-state index in [0.717, 1.165) is 61.8 Å². The second-order valence-corrected chi connectivity index (χ2v) is 11.7. The molecule has 1 spiro atoms. The molecule has 0 amide bonds. The Kier molecular flexibility index (Phi) is 4.62. The molecular formula is C25H38N2O3. The standard InChI is InChI=1S/C25H38N2O3/c1-14-9-10-25(27(13-14)26-29)15(2)24-21-8-7-19-18-6-4-17(28)11-16(18)3-5-20(19)22(21)12-23(24)30-25/h3,14-15,17-24,28H,4-13H2,1-2H3/t14-,15+,17-,18+,19+,20-,21+,22-,23-,24-,25-/m1/s1. The lowest BCUT2D eigenvalue weighted by atomic mass is 9.55. The van der Waals surface area contributed by atoms with E-state index in [1.807, 2.05) is 0 Å². The number of nitrogens with zero attached hydrogens (tertiary/aromatic N) is 2. The van der Waals surface area contributed by atoms with Gasteiger partial charge in [-0.15, -0.1) is 4.91 Å². The number of hydrogen-bond acceptors (Lipinski definition) is 4. The summed E-state index contributed by atoms with van der Waals surface area (Å²) in [7, 11) is 0. The molecule has 5 heteroatoms. The maximum absolute atomic E-state index is 11.7. The zero-order chi connectivity index (χ0) is 20.6. The number of fused-ring (bicyclic) bond motifs is 7. The zero-order valence-electron chi connectivity index (χ0n) is 18.6. The van der Waals surface area contributed by atoms with Gasteiger partial charge in [0, 0.05) is 12.5 Å². The van der Waals surface area contributed by atoms with Crippen molar-refractivity contribution in [3.63, 3.8) is 0 Å². The highest BCUT2D eigenvalue weighted by atomic mass is 16.5. The number of allylic oxidation sites excluding steroid dienone is 1. The van der Waals surface area contributed by atoms with E-state index in [4.69, 9.17) is 4.74 Å². The van der Waals surface area contributed by atoms with Crippen molar-refractivity contribution in [2.75, 3.05) is 6.54 Å². The van der Waals surface area contributed by atoms with Crippen LogP contribution in [0.1, 0.15) is 71.6 Å². The predicted molar refractivity (Wildman–Crippen MR) is 115 cm³/mol. The molecule has 6 aliphatic rings. The molecule has 166 valence electrons. The largest absolute Gasteiger partial charge is 0.393 e. The van der Waals surface area contributed by atoms with E-state index >= 15 is 0 Å². The molecule has 2 aliphatic heterocycles. The summed E-state index contributed by atoms with van der Waals surface area (Å²) in [6, 6.07) is 0. The smallest absolute Gasteiger partial charge is 0.162 e. The first-order valence-corrected chi connectivity index (χ1v) is 12.7. The summed E-state index contributed by atoms with van der Waals surface area (Å²) in [5.41, 5.74) is 1.13. The second kappa shape index (κ2) is 7.03. The summed E-state index contributed by atoms with van der Waals surface area (Å²) in [6.45, 7) is 5.32. The topological polar surface area (TPSA) is 62.1 Å². The fourth-order valence-electron chi connectivity index (χ4n) is 9.22. The van der Waals surface area contributed by atoms with Crippen LogP contribution >= 0.6 is 0 Å². The van der Waals surface area contributed by atoms with Gasteiger partial charge in [-0.1, -0.05) is 25.5 Å². The molecular weight excluding hydrogens is 376 g/mol. The summed E-state index contributed by atoms with van der Waals surface area (Å²) in [6.07, 6.45) is 13.0. The van der Waals surface area contributed by atoms with E-state index in [2.05, 4.69) is 25.2 Å². The van der Waals surface area contributed by atoms with Gasteiger partial charge in [0.15, 0.2) is 5.72 Å². The summed E-state index contributed by atoms with van der Waals surface area (Å²) in [5, 5.41) is 15.4. The van der Waals surface area contributed by atoms with Gasteiger partial charge in [0.05, 0.1) is 17.5 Å². The lowest BCUT2D eigenvalue weighted by Crippen LogP contribution is -2.55. The molecule has 0 radical (unpaired) electrons. The minimum Gasteiger partial charge on any atom is -0.393 e. The normalized spacial score (nSPS) is 54.8. The van der Waals surface area contributed by atoms with Crippen LogP contribution in [0.25, 0.3) is 0 Å². The summed E-state index contributed by atoms with van der Waals surface area (Å²) in [5.74, 6) is 5.39. The molecule has 0 aromatic carbocycles. The molecule has 5 fully saturated rings. The van der Waals surface area contributed by atoms with Crippen molar-refractivity contribution >= 4 is 0 Å². The Morgan fingerprint density at radius 3 is 2.77 bits per heavy atom. The molecule has 11 atom stereocenters. The number of aliphatic hydroxyl groups is 1. The molecule has 2 saturated heterocycles. The Hall–Kier alpha value is -0.940. The van der Waals surface area contributed by atoms with Gasteiger partial charge in [0.25, 0.3) is 0 Å². The zero-order valence-corrected chi connectivity index (χ0v) is 18.6. The Morgan fingerprint density at radius 1 is 1.10 bits per heavy atom. The average Bonchev–Trinajstić information content (AvgIpc) is 3.23. The van der Waals surface area contributed by atoms with Crippen molar-refractivity contribution in [2.45, 2.75) is 89.6 Å². The van der Waals surface area contributed by atoms with Crippen LogP contribution in [0.2, 0.25) is 0 Å². The minimum absolute atomic E-state index is 0.107. The Bertz CT molecular complexity index is 740. The fraction of sp³-hybridized carbons (Fsp3) is 0.920. The third-order valence-corrected chi connectivity index (χ3v) is 10.5. The lowest BCUT2D eigenvalue weighted by Gasteiger charge is -2.51. The third kappa shape index (κ3) is 2.66. The molecule has 0 aromatic rings. The van der Waals surface area contributed by atoms with Crippen LogP contribution in [0.5, 0.6) is 0 Å². The fourth-order valence-corrected chi connectivity index (χ4v) is 9.22. The molecule has 6 rings (SSSR count). The lowest BCUT2D eigenvalue weighted by molar-refractivity contribution is -0.194. The highest BCUT2D eigenvalue weighted by Crippen LogP contribution is 2.64. The van der Waals surface area contributed by atoms with E-state index in [-0.39, 0.29) is 6.10 Å². The van der Waals surface area contributed by atoms with Crippen molar-refractivity contribution < 1.29 is 9.84 Å². The van der Waals surface area contributed by atoms with Crippen LogP contribution in [-0.2, 0) is 4.74 Å². The Labute approximate surface area is 180 Å². The van der Waals surface area contributed by atoms with Crippen molar-refractivity contribution in [1.29, 1.82) is 0 Å². The molecule has 2 heterocycles. The molecule has 1 N–H and O–H groups in total. The number of aliphatic hydroxyl groups excluding tert-OH is 1. The monoisotopic (exact) mass is 414 g/mol. The highest BCUT2D eigenvalue weighted by molar-refractivity contribution is 5.20. The van der Waals surface area contributed by atoms with Crippen molar-refractivity contribution in [3.05, 3.63) is 16.6 Å². The number of nitroso groups, excluding NO2 is 1. The minimum atomic E-state index is -0.440. The van der Waals surface area contributed by atoms with Crippen LogP contribution in [0.3, 0.4) is 0 Å². The SMILES string of the molecule is C[C@@H]1CC[C@]2(O[C@@H]3C[C@@H]4[C@@H]5CC=C6C[C@H](O)CC[C@@H]6[C@@H]5CC[C@@H]4[C@H]3[C@@H]2C)N(N=O)C1. The summed E-state index contributed by atoms with van der Waals surface area (Å²) >= 11 is 0. The van der Waals surface area contributed by atoms with Gasteiger partial charge >= 0.3 is 0 Å². The first kappa shape index (κ1) is 19.7. The quantitative estimate of drug-likeness (QED) is 0.490. The van der Waals surface area contributed by atoms with Gasteiger partial charge in [-0.05, 0) is 99.2 Å². The van der Waals surface area contributed by atoms with Crippen LogP contribution in [-0.4, -0.2) is 34.6 Å². The Morgan fingerprint density at radius 2 is 1.93 bits per heavy atom. The van der Waals surface area contributed by atoms with Crippen LogP contribution in [0, 0.1) is 52.3 Å². The third-order valence-electron chi connectivity index (χ3n) is 10.5. The number of hydrogen-bond donors (Lipinski definition) is 1. The average molecular weight is 415 g/mol. The van der Waals surface area contributed by atoms with Gasteiger partial charge in [0.1, 0.15) is 0 Å². The van der Waals surface area contributed by atoms with Crippen LogP contribution < -0.4 is 0 Å². The van der Waals surface area contributed by atoms with Crippen molar-refractivity contribution in [1.82, 2.24) is 5.01 Å². The van der Waals surface area contributed by atoms with Gasteiger partial charge in [-0.25, -0.2) is 5.01 Å². The van der Waals surface area contributed by atoms with Crippen molar-refractivity contribution in [3.8, 4) is 0 Å². The molecule has 0 unspecified atom stereocenters.